The van der Waals surface area contributed by atoms with E-state index in [0.717, 1.165) is 43.1 Å². The zero-order valence-corrected chi connectivity index (χ0v) is 14.1. The van der Waals surface area contributed by atoms with E-state index < -0.39 is 0 Å². The average molecular weight is 330 g/mol. The number of methoxy groups -OCH3 is 2. The normalized spacial score (nSPS) is 16.6. The second kappa shape index (κ2) is 7.64. The third-order valence-corrected chi connectivity index (χ3v) is 4.44. The summed E-state index contributed by atoms with van der Waals surface area (Å²) in [4.78, 5) is 2.37. The van der Waals surface area contributed by atoms with Crippen LogP contribution >= 0.6 is 0 Å². The molecule has 1 aliphatic heterocycles. The zero-order valence-electron chi connectivity index (χ0n) is 14.1. The molecule has 1 aliphatic rings. The Morgan fingerprint density at radius 1 is 0.958 bits per heavy atom. The van der Waals surface area contributed by atoms with Gasteiger partial charge in [0.25, 0.3) is 0 Å². The summed E-state index contributed by atoms with van der Waals surface area (Å²) in [5.74, 6) is 0.759. The molecule has 1 atom stereocenters. The summed E-state index contributed by atoms with van der Waals surface area (Å²) in [6.07, 6.45) is 0. The molecular weight excluding hydrogens is 307 g/mol. The molecule has 2 aromatic rings. The summed E-state index contributed by atoms with van der Waals surface area (Å²) < 4.78 is 24.5. The second-order valence-electron chi connectivity index (χ2n) is 5.86. The molecule has 2 aromatic carbocycles. The summed E-state index contributed by atoms with van der Waals surface area (Å²) >= 11 is 0. The van der Waals surface area contributed by atoms with Crippen molar-refractivity contribution in [1.29, 1.82) is 0 Å². The molecule has 0 amide bonds. The fourth-order valence-electron chi connectivity index (χ4n) is 3.19. The van der Waals surface area contributed by atoms with Crippen molar-refractivity contribution in [2.75, 3.05) is 40.4 Å². The van der Waals surface area contributed by atoms with Crippen molar-refractivity contribution in [3.63, 3.8) is 0 Å². The monoisotopic (exact) mass is 330 g/mol. The standard InChI is InChI=1S/C19H23FN2O2/c1-23-16-6-3-14(4-7-16)19(22-11-9-21-10-12-22)15-5-8-18(24-2)17(20)13-15/h3-8,13,19,21H,9-12H2,1-2H3. The SMILES string of the molecule is COc1ccc(C(c2ccc(OC)c(F)c2)N2CCNCC2)cc1. The first-order valence-electron chi connectivity index (χ1n) is 8.15. The van der Waals surface area contributed by atoms with Crippen LogP contribution in [0.1, 0.15) is 17.2 Å². The maximum absolute atomic E-state index is 14.2. The number of nitrogens with zero attached hydrogens (tertiary/aromatic N) is 1. The van der Waals surface area contributed by atoms with Gasteiger partial charge in [0.1, 0.15) is 5.75 Å². The van der Waals surface area contributed by atoms with Gasteiger partial charge in [-0.25, -0.2) is 4.39 Å². The van der Waals surface area contributed by atoms with Crippen molar-refractivity contribution in [2.24, 2.45) is 0 Å². The predicted octanol–water partition coefficient (Wildman–Crippen LogP) is 2.84. The molecule has 0 aliphatic carbocycles. The van der Waals surface area contributed by atoms with Gasteiger partial charge in [-0.1, -0.05) is 18.2 Å². The topological polar surface area (TPSA) is 33.7 Å². The smallest absolute Gasteiger partial charge is 0.165 e. The molecule has 5 heteroatoms. The predicted molar refractivity (Wildman–Crippen MR) is 92.2 cm³/mol. The Kier molecular flexibility index (Phi) is 5.33. The maximum atomic E-state index is 14.2. The molecule has 128 valence electrons. The third-order valence-electron chi connectivity index (χ3n) is 4.44. The number of piperazine rings is 1. The lowest BCUT2D eigenvalue weighted by Crippen LogP contribution is -2.45. The van der Waals surface area contributed by atoms with Crippen molar-refractivity contribution in [2.45, 2.75) is 6.04 Å². The van der Waals surface area contributed by atoms with E-state index in [0.29, 0.717) is 0 Å². The molecule has 0 bridgehead atoms. The fourth-order valence-corrected chi connectivity index (χ4v) is 3.19. The van der Waals surface area contributed by atoms with Crippen molar-refractivity contribution in [3.8, 4) is 11.5 Å². The number of benzene rings is 2. The third kappa shape index (κ3) is 3.52. The molecule has 1 heterocycles. The Hall–Kier alpha value is -2.11. The molecule has 0 saturated carbocycles. The number of hydrogen-bond donors (Lipinski definition) is 1. The first-order chi connectivity index (χ1) is 11.7. The Labute approximate surface area is 142 Å². The van der Waals surface area contributed by atoms with Gasteiger partial charge in [-0.15, -0.1) is 0 Å². The molecule has 0 spiro atoms. The van der Waals surface area contributed by atoms with E-state index >= 15 is 0 Å². The van der Waals surface area contributed by atoms with E-state index in [1.807, 2.05) is 30.3 Å². The van der Waals surface area contributed by atoms with Gasteiger partial charge < -0.3 is 14.8 Å². The fraction of sp³-hybridized carbons (Fsp3) is 0.368. The van der Waals surface area contributed by atoms with Gasteiger partial charge in [0.2, 0.25) is 0 Å². The van der Waals surface area contributed by atoms with E-state index in [2.05, 4.69) is 10.2 Å². The van der Waals surface area contributed by atoms with Crippen LogP contribution in [0.2, 0.25) is 0 Å². The molecule has 1 fully saturated rings. The number of nitrogens with one attached hydrogen (secondary N) is 1. The molecule has 0 radical (unpaired) electrons. The average Bonchev–Trinajstić information content (AvgIpc) is 2.64. The Balaban J connectivity index is 1.98. The molecule has 4 nitrogen and oxygen atoms in total. The quantitative estimate of drug-likeness (QED) is 0.914. The lowest BCUT2D eigenvalue weighted by Gasteiger charge is -2.35. The molecule has 1 unspecified atom stereocenters. The van der Waals surface area contributed by atoms with Crippen LogP contribution in [-0.2, 0) is 0 Å². The summed E-state index contributed by atoms with van der Waals surface area (Å²) in [6, 6.07) is 13.2. The van der Waals surface area contributed by atoms with E-state index in [1.54, 1.807) is 19.2 Å². The van der Waals surface area contributed by atoms with E-state index in [-0.39, 0.29) is 17.6 Å². The molecule has 1 N–H and O–H groups in total. The highest BCUT2D eigenvalue weighted by atomic mass is 19.1. The van der Waals surface area contributed by atoms with E-state index in [9.17, 15) is 4.39 Å². The zero-order chi connectivity index (χ0) is 16.9. The first kappa shape index (κ1) is 16.7. The van der Waals surface area contributed by atoms with Crippen LogP contribution in [0.15, 0.2) is 42.5 Å². The van der Waals surface area contributed by atoms with Crippen LogP contribution in [-0.4, -0.2) is 45.3 Å². The summed E-state index contributed by atoms with van der Waals surface area (Å²) in [5, 5.41) is 3.36. The van der Waals surface area contributed by atoms with Gasteiger partial charge in [-0.05, 0) is 35.4 Å². The lowest BCUT2D eigenvalue weighted by molar-refractivity contribution is 0.198. The highest BCUT2D eigenvalue weighted by Gasteiger charge is 2.24. The van der Waals surface area contributed by atoms with Crippen LogP contribution in [0.4, 0.5) is 4.39 Å². The minimum Gasteiger partial charge on any atom is -0.497 e. The van der Waals surface area contributed by atoms with Crippen LogP contribution in [0.25, 0.3) is 0 Å². The van der Waals surface area contributed by atoms with Crippen molar-refractivity contribution < 1.29 is 13.9 Å². The van der Waals surface area contributed by atoms with Crippen LogP contribution in [0, 0.1) is 5.82 Å². The van der Waals surface area contributed by atoms with Gasteiger partial charge in [-0.2, -0.15) is 0 Å². The van der Waals surface area contributed by atoms with Crippen LogP contribution < -0.4 is 14.8 Å². The largest absolute Gasteiger partial charge is 0.497 e. The maximum Gasteiger partial charge on any atom is 0.165 e. The Morgan fingerprint density at radius 3 is 2.21 bits per heavy atom. The number of hydrogen-bond acceptors (Lipinski definition) is 4. The highest BCUT2D eigenvalue weighted by molar-refractivity contribution is 5.38. The molecule has 3 rings (SSSR count). The van der Waals surface area contributed by atoms with Crippen molar-refractivity contribution >= 4 is 0 Å². The summed E-state index contributed by atoms with van der Waals surface area (Å²) in [7, 11) is 3.14. The Morgan fingerprint density at radius 2 is 1.62 bits per heavy atom. The second-order valence-corrected chi connectivity index (χ2v) is 5.86. The van der Waals surface area contributed by atoms with Gasteiger partial charge in [0.05, 0.1) is 20.3 Å². The van der Waals surface area contributed by atoms with Gasteiger partial charge in [0, 0.05) is 26.2 Å². The van der Waals surface area contributed by atoms with Crippen molar-refractivity contribution in [1.82, 2.24) is 10.2 Å². The highest BCUT2D eigenvalue weighted by Crippen LogP contribution is 2.32. The summed E-state index contributed by atoms with van der Waals surface area (Å²) in [6.45, 7) is 3.71. The summed E-state index contributed by atoms with van der Waals surface area (Å²) in [5.41, 5.74) is 2.06. The van der Waals surface area contributed by atoms with Gasteiger partial charge in [-0.3, -0.25) is 4.90 Å². The number of ether oxygens (including phenoxy) is 2. The number of rotatable bonds is 5. The van der Waals surface area contributed by atoms with Crippen molar-refractivity contribution in [3.05, 3.63) is 59.4 Å². The van der Waals surface area contributed by atoms with Gasteiger partial charge >= 0.3 is 0 Å². The molecular formula is C19H23FN2O2. The molecule has 1 saturated heterocycles. The lowest BCUT2D eigenvalue weighted by atomic mass is 9.96. The Bertz CT molecular complexity index is 670. The van der Waals surface area contributed by atoms with E-state index in [4.69, 9.17) is 9.47 Å². The first-order valence-corrected chi connectivity index (χ1v) is 8.15. The van der Waals surface area contributed by atoms with Crippen LogP contribution in [0.3, 0.4) is 0 Å². The number of halogens is 1. The minimum atomic E-state index is -0.330. The molecule has 0 aromatic heterocycles. The minimum absolute atomic E-state index is 0.0124. The van der Waals surface area contributed by atoms with E-state index in [1.165, 1.54) is 7.11 Å². The van der Waals surface area contributed by atoms with Crippen LogP contribution in [0.5, 0.6) is 11.5 Å². The molecule has 24 heavy (non-hydrogen) atoms. The van der Waals surface area contributed by atoms with Gasteiger partial charge in [0.15, 0.2) is 11.6 Å².